The van der Waals surface area contributed by atoms with E-state index in [0.717, 1.165) is 12.1 Å². The molecule has 0 aliphatic rings. The Morgan fingerprint density at radius 3 is 2.62 bits per heavy atom. The van der Waals surface area contributed by atoms with E-state index in [1.54, 1.807) is 0 Å². The number of rotatable bonds is 5. The van der Waals surface area contributed by atoms with Crippen LogP contribution in [0.1, 0.15) is 13.3 Å². The van der Waals surface area contributed by atoms with E-state index in [1.807, 2.05) is 0 Å². The van der Waals surface area contributed by atoms with E-state index in [9.17, 15) is 19.1 Å². The Bertz CT molecular complexity index is 545. The number of urea groups is 1. The van der Waals surface area contributed by atoms with Gasteiger partial charge in [0.15, 0.2) is 0 Å². The summed E-state index contributed by atoms with van der Waals surface area (Å²) in [6.07, 6.45) is -0.520. The predicted molar refractivity (Wildman–Crippen MR) is 79.0 cm³/mol. The van der Waals surface area contributed by atoms with Crippen molar-refractivity contribution >= 4 is 45.2 Å². The number of carboxylic acids is 1. The van der Waals surface area contributed by atoms with Crippen molar-refractivity contribution in [2.45, 2.75) is 18.9 Å². The zero-order valence-electron chi connectivity index (χ0n) is 10.9. The lowest BCUT2D eigenvalue weighted by molar-refractivity contribution is -0.141. The maximum absolute atomic E-state index is 13.0. The summed E-state index contributed by atoms with van der Waals surface area (Å²) in [5.74, 6) is -1.76. The van der Waals surface area contributed by atoms with Crippen molar-refractivity contribution in [1.82, 2.24) is 5.32 Å². The molecule has 1 atom stereocenters. The molecule has 0 bridgehead atoms. The second kappa shape index (κ2) is 7.06. The summed E-state index contributed by atoms with van der Waals surface area (Å²) in [6.45, 7) is 1.00. The Kier molecular flexibility index (Phi) is 5.94. The van der Waals surface area contributed by atoms with E-state index in [0.29, 0.717) is 0 Å². The zero-order valence-corrected chi connectivity index (χ0v) is 13.3. The second-order valence-corrected chi connectivity index (χ2v) is 5.88. The maximum atomic E-state index is 13.0. The van der Waals surface area contributed by atoms with Gasteiger partial charge in [-0.25, -0.2) is 9.18 Å². The van der Waals surface area contributed by atoms with E-state index >= 15 is 0 Å². The maximum Gasteiger partial charge on any atom is 0.319 e. The first-order valence-electron chi connectivity index (χ1n) is 5.74. The summed E-state index contributed by atoms with van der Waals surface area (Å²) < 4.78 is 13.3. The molecular weight excluding hydrogens is 370 g/mol. The fourth-order valence-corrected chi connectivity index (χ4v) is 2.38. The average molecular weight is 384 g/mol. The zero-order chi connectivity index (χ0) is 16.2. The van der Waals surface area contributed by atoms with Gasteiger partial charge in [-0.1, -0.05) is 11.6 Å². The SMILES string of the molecule is CC(O)(CNC(=O)Nc1c(Cl)cc(F)cc1Br)CC(=O)O. The molecule has 1 unspecified atom stereocenters. The number of amides is 2. The van der Waals surface area contributed by atoms with Gasteiger partial charge in [0.05, 0.1) is 22.7 Å². The van der Waals surface area contributed by atoms with Crippen molar-refractivity contribution in [2.24, 2.45) is 0 Å². The molecule has 0 radical (unpaired) electrons. The van der Waals surface area contributed by atoms with Gasteiger partial charge in [-0.2, -0.15) is 0 Å². The van der Waals surface area contributed by atoms with Crippen LogP contribution in [0, 0.1) is 5.82 Å². The third kappa shape index (κ3) is 5.86. The number of halogens is 3. The lowest BCUT2D eigenvalue weighted by atomic mass is 10.0. The topological polar surface area (TPSA) is 98.7 Å². The van der Waals surface area contributed by atoms with Crippen LogP contribution in [0.3, 0.4) is 0 Å². The molecule has 0 saturated carbocycles. The van der Waals surface area contributed by atoms with Crippen molar-refractivity contribution in [2.75, 3.05) is 11.9 Å². The number of aliphatic carboxylic acids is 1. The van der Waals surface area contributed by atoms with E-state index in [-0.39, 0.29) is 21.7 Å². The van der Waals surface area contributed by atoms with Crippen molar-refractivity contribution in [1.29, 1.82) is 0 Å². The van der Waals surface area contributed by atoms with Crippen LogP contribution in [-0.4, -0.2) is 34.4 Å². The molecule has 0 aliphatic carbocycles. The van der Waals surface area contributed by atoms with Gasteiger partial charge >= 0.3 is 12.0 Å². The highest BCUT2D eigenvalue weighted by atomic mass is 79.9. The van der Waals surface area contributed by atoms with E-state index in [2.05, 4.69) is 26.6 Å². The van der Waals surface area contributed by atoms with Crippen LogP contribution in [0.4, 0.5) is 14.9 Å². The van der Waals surface area contributed by atoms with Gasteiger partial charge in [0.2, 0.25) is 0 Å². The van der Waals surface area contributed by atoms with Crippen LogP contribution in [0.2, 0.25) is 5.02 Å². The van der Waals surface area contributed by atoms with E-state index in [4.69, 9.17) is 16.7 Å². The molecule has 4 N–H and O–H groups in total. The van der Waals surface area contributed by atoms with Crippen molar-refractivity contribution < 1.29 is 24.2 Å². The standard InChI is InChI=1S/C12H13BrClFN2O4/c1-12(21,4-9(18)19)5-16-11(20)17-10-7(13)2-6(15)3-8(10)14/h2-3,21H,4-5H2,1H3,(H,18,19)(H2,16,17,20). The second-order valence-electron chi connectivity index (χ2n) is 4.62. The Morgan fingerprint density at radius 1 is 1.48 bits per heavy atom. The molecule has 1 aromatic carbocycles. The summed E-state index contributed by atoms with van der Waals surface area (Å²) in [6, 6.07) is 1.44. The van der Waals surface area contributed by atoms with Gasteiger partial charge in [0.25, 0.3) is 0 Å². The summed E-state index contributed by atoms with van der Waals surface area (Å²) in [5, 5.41) is 23.0. The van der Waals surface area contributed by atoms with Crippen LogP contribution >= 0.6 is 27.5 Å². The smallest absolute Gasteiger partial charge is 0.319 e. The van der Waals surface area contributed by atoms with Gasteiger partial charge < -0.3 is 20.8 Å². The average Bonchev–Trinajstić information content (AvgIpc) is 2.29. The number of nitrogens with one attached hydrogen (secondary N) is 2. The van der Waals surface area contributed by atoms with Crippen molar-refractivity contribution in [3.8, 4) is 0 Å². The first kappa shape index (κ1) is 17.7. The van der Waals surface area contributed by atoms with Crippen LogP contribution in [0.25, 0.3) is 0 Å². The highest BCUT2D eigenvalue weighted by molar-refractivity contribution is 9.10. The molecule has 1 aromatic rings. The van der Waals surface area contributed by atoms with Gasteiger partial charge in [-0.3, -0.25) is 4.79 Å². The number of carbonyl (C=O) groups is 2. The third-order valence-corrected chi connectivity index (χ3v) is 3.33. The molecule has 0 heterocycles. The third-order valence-electron chi connectivity index (χ3n) is 2.41. The largest absolute Gasteiger partial charge is 0.481 e. The summed E-state index contributed by atoms with van der Waals surface area (Å²) >= 11 is 8.85. The minimum Gasteiger partial charge on any atom is -0.481 e. The number of benzene rings is 1. The van der Waals surface area contributed by atoms with Crippen molar-refractivity contribution in [3.63, 3.8) is 0 Å². The number of anilines is 1. The fraction of sp³-hybridized carbons (Fsp3) is 0.333. The first-order valence-corrected chi connectivity index (χ1v) is 6.91. The van der Waals surface area contributed by atoms with Gasteiger partial charge in [-0.15, -0.1) is 0 Å². The molecule has 0 spiro atoms. The molecule has 0 fully saturated rings. The Morgan fingerprint density at radius 2 is 2.10 bits per heavy atom. The molecule has 116 valence electrons. The fourth-order valence-electron chi connectivity index (χ4n) is 1.48. The molecule has 9 heteroatoms. The molecule has 0 saturated heterocycles. The molecule has 1 rings (SSSR count). The Hall–Kier alpha value is -1.38. The van der Waals surface area contributed by atoms with E-state index in [1.165, 1.54) is 6.92 Å². The Balaban J connectivity index is 2.65. The van der Waals surface area contributed by atoms with Crippen LogP contribution in [-0.2, 0) is 4.79 Å². The monoisotopic (exact) mass is 382 g/mol. The van der Waals surface area contributed by atoms with Crippen LogP contribution in [0.5, 0.6) is 0 Å². The summed E-state index contributed by atoms with van der Waals surface area (Å²) in [4.78, 5) is 22.2. The highest BCUT2D eigenvalue weighted by Gasteiger charge is 2.25. The predicted octanol–water partition coefficient (Wildman–Crippen LogP) is 2.59. The van der Waals surface area contributed by atoms with Crippen LogP contribution in [0.15, 0.2) is 16.6 Å². The van der Waals surface area contributed by atoms with E-state index < -0.39 is 29.8 Å². The van der Waals surface area contributed by atoms with Crippen molar-refractivity contribution in [3.05, 3.63) is 27.4 Å². The highest BCUT2D eigenvalue weighted by Crippen LogP contribution is 2.31. The number of carbonyl (C=O) groups excluding carboxylic acids is 1. The Labute approximate surface area is 133 Å². The molecule has 6 nitrogen and oxygen atoms in total. The molecule has 21 heavy (non-hydrogen) atoms. The molecule has 2 amide bonds. The number of aliphatic hydroxyl groups is 1. The molecule has 0 aliphatic heterocycles. The lowest BCUT2D eigenvalue weighted by Crippen LogP contribution is -2.43. The number of hydrogen-bond donors (Lipinski definition) is 4. The first-order chi connectivity index (χ1) is 9.60. The normalized spacial score (nSPS) is 13.4. The van der Waals surface area contributed by atoms with Gasteiger partial charge in [-0.05, 0) is 35.0 Å². The van der Waals surface area contributed by atoms with Crippen LogP contribution < -0.4 is 10.6 Å². The quantitative estimate of drug-likeness (QED) is 0.628. The lowest BCUT2D eigenvalue weighted by Gasteiger charge is -2.21. The van der Waals surface area contributed by atoms with Gasteiger partial charge in [0.1, 0.15) is 5.82 Å². The molecular formula is C12H13BrClFN2O4. The molecule has 0 aromatic heterocycles. The minimum atomic E-state index is -1.59. The number of carboxylic acid groups (broad SMARTS) is 1. The van der Waals surface area contributed by atoms with Gasteiger partial charge in [0, 0.05) is 11.0 Å². The summed E-state index contributed by atoms with van der Waals surface area (Å²) in [5.41, 5.74) is -1.43. The number of hydrogen-bond acceptors (Lipinski definition) is 3. The summed E-state index contributed by atoms with van der Waals surface area (Å²) in [7, 11) is 0. The minimum absolute atomic E-state index is 0.00526.